The number of benzene rings is 5. The quantitative estimate of drug-likeness (QED) is 0.142. The van der Waals surface area contributed by atoms with Gasteiger partial charge in [0.05, 0.1) is 0 Å². The van der Waals surface area contributed by atoms with Crippen molar-refractivity contribution in [3.8, 4) is 0 Å². The molecule has 1 atom stereocenters. The summed E-state index contributed by atoms with van der Waals surface area (Å²) in [6, 6.07) is 23.9. The van der Waals surface area contributed by atoms with Crippen molar-refractivity contribution in [3.63, 3.8) is 0 Å². The number of nitrogens with zero attached hydrogens (tertiary/aromatic N) is 2. The van der Waals surface area contributed by atoms with Gasteiger partial charge in [0.1, 0.15) is 22.8 Å². The fraction of sp³-hybridized carbons (Fsp3) is 0.256. The van der Waals surface area contributed by atoms with E-state index in [2.05, 4.69) is 129 Å². The van der Waals surface area contributed by atoms with Crippen LogP contribution in [0.2, 0.25) is 0 Å². The van der Waals surface area contributed by atoms with Gasteiger partial charge in [-0.3, -0.25) is 0 Å². The van der Waals surface area contributed by atoms with E-state index in [0.717, 1.165) is 57.8 Å². The molecule has 47 heavy (non-hydrogen) atoms. The fourth-order valence-electron chi connectivity index (χ4n) is 6.34. The third kappa shape index (κ3) is 6.25. The molecular formula is C43H47N3O. The minimum absolute atomic E-state index is 0.321. The van der Waals surface area contributed by atoms with Gasteiger partial charge in [0.15, 0.2) is 6.17 Å². The highest BCUT2D eigenvalue weighted by molar-refractivity contribution is 6.38. The number of rotatable bonds is 7. The van der Waals surface area contributed by atoms with Gasteiger partial charge >= 0.3 is 0 Å². The maximum absolute atomic E-state index is 6.43. The standard InChI is InChI=1S/C39H35N3O.2C2H6/c1-5-8-9-15-24(4)37-40-38(25(13-6-2)14-7-3)42-39(41-37)27-21-20-26-23-33-36-34(31(26)22-27)29-17-11-10-16-28(29)30-18-12-19-32(43-33)35(30)36;2*1-2/h6,8-23,38H,5,7H2,1-4H3,(H,40,41,42);2*1-2H3/b9-8-,13-6-,24-15+,25-14+;;. The Morgan fingerprint density at radius 2 is 1.53 bits per heavy atom. The molecule has 0 saturated carbocycles. The van der Waals surface area contributed by atoms with Crippen molar-refractivity contribution in [1.29, 1.82) is 0 Å². The molecule has 1 N–H and O–H groups in total. The zero-order chi connectivity index (χ0) is 33.5. The van der Waals surface area contributed by atoms with Gasteiger partial charge in [0, 0.05) is 21.7 Å². The van der Waals surface area contributed by atoms with Crippen LogP contribution in [0.5, 0.6) is 0 Å². The van der Waals surface area contributed by atoms with E-state index in [1.807, 2.05) is 34.6 Å². The highest BCUT2D eigenvalue weighted by atomic mass is 16.3. The van der Waals surface area contributed by atoms with Crippen LogP contribution in [0.1, 0.15) is 73.8 Å². The van der Waals surface area contributed by atoms with Gasteiger partial charge in [0.25, 0.3) is 0 Å². The molecule has 0 fully saturated rings. The number of amidine groups is 2. The van der Waals surface area contributed by atoms with Crippen LogP contribution in [0, 0.1) is 0 Å². The molecule has 1 unspecified atom stereocenters. The second-order valence-electron chi connectivity index (χ2n) is 11.1. The Morgan fingerprint density at radius 1 is 0.787 bits per heavy atom. The van der Waals surface area contributed by atoms with Gasteiger partial charge in [-0.15, -0.1) is 0 Å². The number of hydrogen-bond acceptors (Lipinski definition) is 4. The first kappa shape index (κ1) is 33.4. The van der Waals surface area contributed by atoms with Crippen molar-refractivity contribution >= 4 is 65.9 Å². The van der Waals surface area contributed by atoms with Crippen molar-refractivity contribution in [2.75, 3.05) is 0 Å². The van der Waals surface area contributed by atoms with E-state index in [4.69, 9.17) is 14.4 Å². The van der Waals surface area contributed by atoms with Crippen LogP contribution >= 0.6 is 0 Å². The Labute approximate surface area is 279 Å². The number of aliphatic imine (C=N–C) groups is 2. The lowest BCUT2D eigenvalue weighted by Gasteiger charge is -2.23. The highest BCUT2D eigenvalue weighted by Crippen LogP contribution is 2.45. The Balaban J connectivity index is 0.00000105. The first-order valence-electron chi connectivity index (χ1n) is 17.2. The maximum atomic E-state index is 6.43. The molecule has 0 spiro atoms. The summed E-state index contributed by atoms with van der Waals surface area (Å²) in [5.74, 6) is 1.67. The average molecular weight is 622 g/mol. The molecule has 0 bridgehead atoms. The first-order valence-corrected chi connectivity index (χ1v) is 17.2. The number of fused-ring (bicyclic) bond motifs is 5. The molecule has 7 rings (SSSR count). The fourth-order valence-corrected chi connectivity index (χ4v) is 6.34. The van der Waals surface area contributed by atoms with Gasteiger partial charge in [-0.25, -0.2) is 9.98 Å². The minimum atomic E-state index is -0.321. The van der Waals surface area contributed by atoms with Crippen LogP contribution in [0.25, 0.3) is 54.3 Å². The summed E-state index contributed by atoms with van der Waals surface area (Å²) in [6.45, 7) is 16.4. The summed E-state index contributed by atoms with van der Waals surface area (Å²) in [5, 5.41) is 13.2. The first-order chi connectivity index (χ1) is 23.1. The lowest BCUT2D eigenvalue weighted by molar-refractivity contribution is 0.670. The predicted octanol–water partition coefficient (Wildman–Crippen LogP) is 12.4. The summed E-state index contributed by atoms with van der Waals surface area (Å²) in [5.41, 5.74) is 5.06. The SMILES string of the molecule is C/C=C\C(=C/CC)C1N=C(/C(C)=C/C=C\CC)NC(c2ccc3cc4oc5cccc6c7ccccc7c(c3c2)c4c56)=N1.CC.CC. The van der Waals surface area contributed by atoms with E-state index < -0.39 is 0 Å². The Kier molecular flexibility index (Phi) is 10.7. The third-order valence-corrected chi connectivity index (χ3v) is 8.29. The lowest BCUT2D eigenvalue weighted by atomic mass is 9.90. The van der Waals surface area contributed by atoms with Gasteiger partial charge in [-0.05, 0) is 83.0 Å². The van der Waals surface area contributed by atoms with E-state index in [1.165, 1.54) is 37.7 Å². The number of allylic oxidation sites excluding steroid dienone is 5. The van der Waals surface area contributed by atoms with E-state index >= 15 is 0 Å². The number of hydrogen-bond donors (Lipinski definition) is 1. The lowest BCUT2D eigenvalue weighted by Crippen LogP contribution is -2.38. The molecule has 4 nitrogen and oxygen atoms in total. The van der Waals surface area contributed by atoms with Gasteiger partial charge in [0.2, 0.25) is 0 Å². The number of furan rings is 1. The van der Waals surface area contributed by atoms with E-state index in [9.17, 15) is 0 Å². The topological polar surface area (TPSA) is 49.9 Å². The van der Waals surface area contributed by atoms with Crippen LogP contribution in [0.15, 0.2) is 129 Å². The van der Waals surface area contributed by atoms with Crippen LogP contribution in [-0.2, 0) is 0 Å². The van der Waals surface area contributed by atoms with Crippen molar-refractivity contribution < 1.29 is 4.42 Å². The Morgan fingerprint density at radius 3 is 2.28 bits per heavy atom. The second kappa shape index (κ2) is 15.1. The van der Waals surface area contributed by atoms with Crippen molar-refractivity contribution in [1.82, 2.24) is 5.32 Å². The molecule has 1 aromatic heterocycles. The summed E-state index contributed by atoms with van der Waals surface area (Å²) in [7, 11) is 0. The third-order valence-electron chi connectivity index (χ3n) is 8.29. The Bertz CT molecular complexity index is 2200. The molecule has 0 radical (unpaired) electrons. The molecule has 1 aliphatic rings. The highest BCUT2D eigenvalue weighted by Gasteiger charge is 2.23. The average Bonchev–Trinajstić information content (AvgIpc) is 3.50. The monoisotopic (exact) mass is 621 g/mol. The molecule has 5 aromatic carbocycles. The van der Waals surface area contributed by atoms with E-state index in [1.54, 1.807) is 0 Å². The van der Waals surface area contributed by atoms with Crippen LogP contribution in [-0.4, -0.2) is 17.8 Å². The summed E-state index contributed by atoms with van der Waals surface area (Å²) >= 11 is 0. The molecule has 2 heterocycles. The molecule has 0 aliphatic carbocycles. The molecule has 0 amide bonds. The second-order valence-corrected chi connectivity index (χ2v) is 11.1. The predicted molar refractivity (Wildman–Crippen MR) is 207 cm³/mol. The minimum Gasteiger partial charge on any atom is -0.456 e. The number of nitrogens with one attached hydrogen (secondary N) is 1. The Hall–Kier alpha value is -4.96. The molecular weight excluding hydrogens is 574 g/mol. The molecule has 4 heteroatoms. The molecule has 0 saturated heterocycles. The zero-order valence-electron chi connectivity index (χ0n) is 29.1. The van der Waals surface area contributed by atoms with Gasteiger partial charge in [-0.2, -0.15) is 0 Å². The van der Waals surface area contributed by atoms with Gasteiger partial charge in [-0.1, -0.05) is 127 Å². The summed E-state index contributed by atoms with van der Waals surface area (Å²) in [4.78, 5) is 10.2. The maximum Gasteiger partial charge on any atom is 0.169 e. The van der Waals surface area contributed by atoms with Crippen LogP contribution in [0.3, 0.4) is 0 Å². The van der Waals surface area contributed by atoms with Crippen molar-refractivity contribution in [2.24, 2.45) is 9.98 Å². The van der Waals surface area contributed by atoms with Crippen LogP contribution in [0.4, 0.5) is 0 Å². The smallest absolute Gasteiger partial charge is 0.169 e. The molecule has 6 aromatic rings. The summed E-state index contributed by atoms with van der Waals surface area (Å²) < 4.78 is 6.43. The van der Waals surface area contributed by atoms with Crippen molar-refractivity contribution in [3.05, 3.63) is 120 Å². The summed E-state index contributed by atoms with van der Waals surface area (Å²) in [6.07, 6.45) is 14.4. The zero-order valence-corrected chi connectivity index (χ0v) is 29.1. The largest absolute Gasteiger partial charge is 0.456 e. The van der Waals surface area contributed by atoms with Crippen LogP contribution < -0.4 is 5.32 Å². The van der Waals surface area contributed by atoms with Gasteiger partial charge < -0.3 is 9.73 Å². The molecule has 1 aliphatic heterocycles. The molecule has 240 valence electrons. The van der Waals surface area contributed by atoms with Crippen molar-refractivity contribution in [2.45, 2.75) is 74.4 Å². The van der Waals surface area contributed by atoms with E-state index in [0.29, 0.717) is 0 Å². The normalized spacial score (nSPS) is 15.7. The van der Waals surface area contributed by atoms with E-state index in [-0.39, 0.29) is 6.17 Å².